The Morgan fingerprint density at radius 1 is 1.37 bits per heavy atom. The number of amidine groups is 1. The van der Waals surface area contributed by atoms with Crippen LogP contribution < -0.4 is 5.32 Å². The number of nitrogens with one attached hydrogen (secondary N) is 1. The first-order valence-corrected chi connectivity index (χ1v) is 8.06. The summed E-state index contributed by atoms with van der Waals surface area (Å²) < 4.78 is 0. The molecule has 1 saturated heterocycles. The number of carbonyl (C=O) groups is 1. The van der Waals surface area contributed by atoms with E-state index < -0.39 is 0 Å². The number of aliphatic imine (C=N–C) groups is 1. The molecule has 1 N–H and O–H groups in total. The summed E-state index contributed by atoms with van der Waals surface area (Å²) in [6.07, 6.45) is 2.72. The summed E-state index contributed by atoms with van der Waals surface area (Å²) in [5.74, 6) is 1.39. The van der Waals surface area contributed by atoms with Crippen LogP contribution in [-0.2, 0) is 4.79 Å². The summed E-state index contributed by atoms with van der Waals surface area (Å²) >= 11 is 1.81. The molecule has 0 radical (unpaired) electrons. The maximum atomic E-state index is 11.5. The number of piperidine rings is 1. The van der Waals surface area contributed by atoms with Crippen LogP contribution in [0.2, 0.25) is 0 Å². The van der Waals surface area contributed by atoms with Crippen molar-refractivity contribution in [3.05, 3.63) is 0 Å². The SMILES string of the molecule is CN1CC(NC2=NC(C(C)(C)C)CCS2)CCC1=O. The van der Waals surface area contributed by atoms with Crippen molar-refractivity contribution in [2.45, 2.75) is 52.1 Å². The van der Waals surface area contributed by atoms with Crippen molar-refractivity contribution >= 4 is 22.8 Å². The highest BCUT2D eigenvalue weighted by atomic mass is 32.2. The van der Waals surface area contributed by atoms with Gasteiger partial charge in [0.25, 0.3) is 0 Å². The molecule has 1 amide bonds. The van der Waals surface area contributed by atoms with Crippen LogP contribution in [0.5, 0.6) is 0 Å². The van der Waals surface area contributed by atoms with Crippen molar-refractivity contribution in [2.75, 3.05) is 19.3 Å². The van der Waals surface area contributed by atoms with Gasteiger partial charge >= 0.3 is 0 Å². The van der Waals surface area contributed by atoms with Crippen LogP contribution in [0.1, 0.15) is 40.0 Å². The Balaban J connectivity index is 1.95. The van der Waals surface area contributed by atoms with Crippen LogP contribution in [0.15, 0.2) is 4.99 Å². The van der Waals surface area contributed by atoms with Gasteiger partial charge in [0.05, 0.1) is 6.04 Å². The molecule has 0 aliphatic carbocycles. The molecule has 2 aliphatic rings. The van der Waals surface area contributed by atoms with Crippen LogP contribution in [0.4, 0.5) is 0 Å². The Labute approximate surface area is 120 Å². The van der Waals surface area contributed by atoms with Gasteiger partial charge in [-0.3, -0.25) is 9.79 Å². The van der Waals surface area contributed by atoms with E-state index in [-0.39, 0.29) is 11.3 Å². The lowest BCUT2D eigenvalue weighted by Crippen LogP contribution is -2.48. The summed E-state index contributed by atoms with van der Waals surface area (Å²) in [5.41, 5.74) is 0.229. The average molecular weight is 283 g/mol. The molecular weight excluding hydrogens is 258 g/mol. The Morgan fingerprint density at radius 2 is 2.11 bits per heavy atom. The maximum absolute atomic E-state index is 11.5. The van der Waals surface area contributed by atoms with Gasteiger partial charge in [-0.05, 0) is 18.3 Å². The summed E-state index contributed by atoms with van der Waals surface area (Å²) in [7, 11) is 1.88. The number of likely N-dealkylation sites (N-methyl/N-ethyl adjacent to an activating group) is 1. The van der Waals surface area contributed by atoms with Gasteiger partial charge in [0.1, 0.15) is 0 Å². The Morgan fingerprint density at radius 3 is 2.74 bits per heavy atom. The molecule has 0 aromatic rings. The van der Waals surface area contributed by atoms with E-state index in [9.17, 15) is 4.79 Å². The minimum absolute atomic E-state index is 0.229. The van der Waals surface area contributed by atoms with E-state index in [1.807, 2.05) is 23.7 Å². The van der Waals surface area contributed by atoms with E-state index in [0.717, 1.165) is 30.3 Å². The first kappa shape index (κ1) is 14.7. The van der Waals surface area contributed by atoms with Crippen LogP contribution in [0.25, 0.3) is 0 Å². The van der Waals surface area contributed by atoms with Gasteiger partial charge in [0.15, 0.2) is 5.17 Å². The third-order valence-electron chi connectivity index (χ3n) is 3.86. The minimum atomic E-state index is 0.229. The van der Waals surface area contributed by atoms with Gasteiger partial charge in [0.2, 0.25) is 5.91 Å². The molecule has 0 aromatic carbocycles. The fourth-order valence-corrected chi connectivity index (χ4v) is 3.51. The normalized spacial score (nSPS) is 29.2. The minimum Gasteiger partial charge on any atom is -0.360 e. The Kier molecular flexibility index (Phi) is 4.43. The third-order valence-corrected chi connectivity index (χ3v) is 4.79. The molecule has 4 nitrogen and oxygen atoms in total. The second-order valence-corrected chi connectivity index (χ2v) is 7.69. The molecule has 0 saturated carbocycles. The zero-order chi connectivity index (χ0) is 14.0. The second kappa shape index (κ2) is 5.73. The largest absolute Gasteiger partial charge is 0.360 e. The quantitative estimate of drug-likeness (QED) is 0.801. The molecule has 1 fully saturated rings. The summed E-state index contributed by atoms with van der Waals surface area (Å²) in [6, 6.07) is 0.756. The molecule has 2 rings (SSSR count). The van der Waals surface area contributed by atoms with Crippen LogP contribution >= 0.6 is 11.8 Å². The molecule has 0 bridgehead atoms. The first-order chi connectivity index (χ1) is 8.86. The number of thioether (sulfide) groups is 1. The molecule has 0 spiro atoms. The fourth-order valence-electron chi connectivity index (χ4n) is 2.52. The lowest BCUT2D eigenvalue weighted by atomic mass is 9.85. The molecule has 5 heteroatoms. The van der Waals surface area contributed by atoms with Gasteiger partial charge in [-0.15, -0.1) is 0 Å². The number of hydrogen-bond acceptors (Lipinski definition) is 4. The zero-order valence-corrected chi connectivity index (χ0v) is 13.2. The topological polar surface area (TPSA) is 44.7 Å². The van der Waals surface area contributed by atoms with Crippen molar-refractivity contribution in [1.29, 1.82) is 0 Å². The molecule has 0 aromatic heterocycles. The Bertz CT molecular complexity index is 375. The number of carbonyl (C=O) groups excluding carboxylic acids is 1. The smallest absolute Gasteiger partial charge is 0.222 e. The average Bonchev–Trinajstić information content (AvgIpc) is 2.33. The monoisotopic (exact) mass is 283 g/mol. The van der Waals surface area contributed by atoms with Gasteiger partial charge in [0, 0.05) is 31.8 Å². The van der Waals surface area contributed by atoms with E-state index in [1.54, 1.807) is 0 Å². The molecule has 19 heavy (non-hydrogen) atoms. The van der Waals surface area contributed by atoms with Crippen molar-refractivity contribution in [3.63, 3.8) is 0 Å². The maximum Gasteiger partial charge on any atom is 0.222 e. The van der Waals surface area contributed by atoms with Crippen LogP contribution in [0.3, 0.4) is 0 Å². The van der Waals surface area contributed by atoms with Crippen molar-refractivity contribution in [2.24, 2.45) is 10.4 Å². The third kappa shape index (κ3) is 3.88. The van der Waals surface area contributed by atoms with Crippen LogP contribution in [-0.4, -0.2) is 47.4 Å². The van der Waals surface area contributed by atoms with Crippen molar-refractivity contribution in [3.8, 4) is 0 Å². The number of hydrogen-bond donors (Lipinski definition) is 1. The highest BCUT2D eigenvalue weighted by Gasteiger charge is 2.29. The van der Waals surface area contributed by atoms with E-state index in [4.69, 9.17) is 4.99 Å². The summed E-state index contributed by atoms with van der Waals surface area (Å²) in [6.45, 7) is 7.55. The van der Waals surface area contributed by atoms with Gasteiger partial charge in [-0.25, -0.2) is 0 Å². The Hall–Kier alpha value is -0.710. The molecular formula is C14H25N3OS. The molecule has 2 heterocycles. The molecule has 2 unspecified atom stereocenters. The second-order valence-electron chi connectivity index (χ2n) is 6.61. The summed E-state index contributed by atoms with van der Waals surface area (Å²) in [5, 5.41) is 4.60. The standard InChI is InChI=1S/C14H25N3OS/c1-14(2,3)11-7-8-19-13(16-11)15-10-5-6-12(18)17(4)9-10/h10-11H,5-9H2,1-4H3,(H,15,16). The van der Waals surface area contributed by atoms with E-state index in [1.165, 1.54) is 0 Å². The van der Waals surface area contributed by atoms with Crippen molar-refractivity contribution in [1.82, 2.24) is 10.2 Å². The highest BCUT2D eigenvalue weighted by molar-refractivity contribution is 8.13. The number of likely N-dealkylation sites (tertiary alicyclic amines) is 1. The number of nitrogens with zero attached hydrogens (tertiary/aromatic N) is 2. The molecule has 108 valence electrons. The van der Waals surface area contributed by atoms with Gasteiger partial charge < -0.3 is 10.2 Å². The van der Waals surface area contributed by atoms with Crippen LogP contribution in [0, 0.1) is 5.41 Å². The van der Waals surface area contributed by atoms with E-state index in [2.05, 4.69) is 26.1 Å². The molecule has 2 atom stereocenters. The van der Waals surface area contributed by atoms with Gasteiger partial charge in [-0.2, -0.15) is 0 Å². The van der Waals surface area contributed by atoms with E-state index in [0.29, 0.717) is 18.5 Å². The fraction of sp³-hybridized carbons (Fsp3) is 0.857. The predicted molar refractivity (Wildman–Crippen MR) is 81.5 cm³/mol. The molecule has 2 aliphatic heterocycles. The number of amides is 1. The van der Waals surface area contributed by atoms with E-state index >= 15 is 0 Å². The predicted octanol–water partition coefficient (Wildman–Crippen LogP) is 2.10. The summed E-state index contributed by atoms with van der Waals surface area (Å²) in [4.78, 5) is 18.2. The highest BCUT2D eigenvalue weighted by Crippen LogP contribution is 2.30. The number of rotatable bonds is 1. The first-order valence-electron chi connectivity index (χ1n) is 7.07. The van der Waals surface area contributed by atoms with Crippen molar-refractivity contribution < 1.29 is 4.79 Å². The lowest BCUT2D eigenvalue weighted by Gasteiger charge is -2.34. The zero-order valence-electron chi connectivity index (χ0n) is 12.4. The lowest BCUT2D eigenvalue weighted by molar-refractivity contribution is -0.132. The van der Waals surface area contributed by atoms with Gasteiger partial charge in [-0.1, -0.05) is 32.5 Å².